The second-order valence-corrected chi connectivity index (χ2v) is 5.72. The zero-order valence-corrected chi connectivity index (χ0v) is 10.6. The van der Waals surface area contributed by atoms with E-state index in [4.69, 9.17) is 0 Å². The van der Waals surface area contributed by atoms with Crippen LogP contribution in [0.2, 0.25) is 0 Å². The highest BCUT2D eigenvalue weighted by molar-refractivity contribution is 7.10. The lowest BCUT2D eigenvalue weighted by Gasteiger charge is -2.29. The SMILES string of the molecule is CCNC1CCCC(c2csc(C)c2)C1. The molecule has 0 saturated heterocycles. The van der Waals surface area contributed by atoms with Crippen LogP contribution in [-0.2, 0) is 0 Å². The summed E-state index contributed by atoms with van der Waals surface area (Å²) >= 11 is 1.89. The highest BCUT2D eigenvalue weighted by Crippen LogP contribution is 2.34. The predicted octanol–water partition coefficient (Wildman–Crippen LogP) is 3.69. The molecule has 1 N–H and O–H groups in total. The number of hydrogen-bond acceptors (Lipinski definition) is 2. The molecule has 1 aromatic heterocycles. The fraction of sp³-hybridized carbons (Fsp3) is 0.692. The molecular formula is C13H21NS. The normalized spacial score (nSPS) is 26.8. The van der Waals surface area contributed by atoms with Crippen molar-refractivity contribution in [2.75, 3.05) is 6.54 Å². The zero-order chi connectivity index (χ0) is 10.7. The monoisotopic (exact) mass is 223 g/mol. The third-order valence-corrected chi connectivity index (χ3v) is 4.27. The minimum atomic E-state index is 0.758. The van der Waals surface area contributed by atoms with Crippen molar-refractivity contribution >= 4 is 11.3 Å². The van der Waals surface area contributed by atoms with Crippen molar-refractivity contribution in [3.63, 3.8) is 0 Å². The molecule has 0 radical (unpaired) electrons. The van der Waals surface area contributed by atoms with Crippen LogP contribution in [-0.4, -0.2) is 12.6 Å². The van der Waals surface area contributed by atoms with Crippen molar-refractivity contribution in [3.8, 4) is 0 Å². The van der Waals surface area contributed by atoms with Gasteiger partial charge in [-0.2, -0.15) is 0 Å². The molecule has 0 amide bonds. The molecule has 0 aromatic carbocycles. The Bertz CT molecular complexity index is 303. The van der Waals surface area contributed by atoms with Gasteiger partial charge in [0, 0.05) is 10.9 Å². The van der Waals surface area contributed by atoms with Gasteiger partial charge in [-0.05, 0) is 55.7 Å². The largest absolute Gasteiger partial charge is 0.314 e. The summed E-state index contributed by atoms with van der Waals surface area (Å²) in [7, 11) is 0. The lowest BCUT2D eigenvalue weighted by atomic mass is 9.82. The first kappa shape index (κ1) is 11.2. The molecule has 2 heteroatoms. The molecule has 1 saturated carbocycles. The molecule has 2 atom stereocenters. The van der Waals surface area contributed by atoms with Crippen LogP contribution in [0.25, 0.3) is 0 Å². The molecule has 2 rings (SSSR count). The van der Waals surface area contributed by atoms with Crippen molar-refractivity contribution in [1.82, 2.24) is 5.32 Å². The van der Waals surface area contributed by atoms with Crippen LogP contribution in [0.3, 0.4) is 0 Å². The summed E-state index contributed by atoms with van der Waals surface area (Å²) < 4.78 is 0. The van der Waals surface area contributed by atoms with Gasteiger partial charge >= 0.3 is 0 Å². The van der Waals surface area contributed by atoms with E-state index in [-0.39, 0.29) is 0 Å². The fourth-order valence-corrected chi connectivity index (χ4v) is 3.43. The number of thiophene rings is 1. The Balaban J connectivity index is 1.98. The van der Waals surface area contributed by atoms with E-state index in [1.165, 1.54) is 30.6 Å². The lowest BCUT2D eigenvalue weighted by molar-refractivity contribution is 0.345. The molecule has 1 aromatic rings. The smallest absolute Gasteiger partial charge is 0.00727 e. The van der Waals surface area contributed by atoms with Gasteiger partial charge in [0.25, 0.3) is 0 Å². The second kappa shape index (κ2) is 5.13. The minimum absolute atomic E-state index is 0.758. The van der Waals surface area contributed by atoms with E-state index in [9.17, 15) is 0 Å². The maximum atomic E-state index is 3.59. The predicted molar refractivity (Wildman–Crippen MR) is 67.7 cm³/mol. The van der Waals surface area contributed by atoms with Crippen LogP contribution in [0.5, 0.6) is 0 Å². The van der Waals surface area contributed by atoms with Gasteiger partial charge in [-0.3, -0.25) is 0 Å². The molecule has 2 unspecified atom stereocenters. The van der Waals surface area contributed by atoms with E-state index in [2.05, 4.69) is 30.6 Å². The van der Waals surface area contributed by atoms with Gasteiger partial charge in [0.1, 0.15) is 0 Å². The third kappa shape index (κ3) is 2.82. The quantitative estimate of drug-likeness (QED) is 0.824. The Hall–Kier alpha value is -0.340. The van der Waals surface area contributed by atoms with Crippen LogP contribution in [0, 0.1) is 6.92 Å². The third-order valence-electron chi connectivity index (χ3n) is 3.39. The van der Waals surface area contributed by atoms with Crippen LogP contribution in [0.1, 0.15) is 49.0 Å². The molecule has 1 nitrogen and oxygen atoms in total. The summed E-state index contributed by atoms with van der Waals surface area (Å²) in [6.45, 7) is 5.52. The van der Waals surface area contributed by atoms with E-state index in [0.29, 0.717) is 0 Å². The Morgan fingerprint density at radius 1 is 1.47 bits per heavy atom. The summed E-state index contributed by atoms with van der Waals surface area (Å²) in [5.41, 5.74) is 1.58. The molecule has 1 fully saturated rings. The van der Waals surface area contributed by atoms with E-state index in [0.717, 1.165) is 18.5 Å². The zero-order valence-electron chi connectivity index (χ0n) is 9.75. The molecule has 0 aliphatic heterocycles. The van der Waals surface area contributed by atoms with E-state index in [1.807, 2.05) is 11.3 Å². The fourth-order valence-electron chi connectivity index (χ4n) is 2.64. The average Bonchev–Trinajstić information content (AvgIpc) is 2.66. The molecule has 1 aliphatic carbocycles. The van der Waals surface area contributed by atoms with Crippen LogP contribution in [0.4, 0.5) is 0 Å². The Labute approximate surface area is 96.9 Å². The molecule has 1 heterocycles. The van der Waals surface area contributed by atoms with Gasteiger partial charge in [-0.25, -0.2) is 0 Å². The van der Waals surface area contributed by atoms with Crippen LogP contribution in [0.15, 0.2) is 11.4 Å². The Kier molecular flexibility index (Phi) is 3.81. The first-order chi connectivity index (χ1) is 7.29. The molecule has 15 heavy (non-hydrogen) atoms. The molecule has 84 valence electrons. The average molecular weight is 223 g/mol. The number of nitrogens with one attached hydrogen (secondary N) is 1. The molecular weight excluding hydrogens is 202 g/mol. The van der Waals surface area contributed by atoms with Crippen LogP contribution < -0.4 is 5.32 Å². The van der Waals surface area contributed by atoms with Gasteiger partial charge in [-0.1, -0.05) is 13.3 Å². The van der Waals surface area contributed by atoms with Gasteiger partial charge < -0.3 is 5.32 Å². The van der Waals surface area contributed by atoms with E-state index in [1.54, 1.807) is 5.56 Å². The van der Waals surface area contributed by atoms with Gasteiger partial charge in [0.2, 0.25) is 0 Å². The number of hydrogen-bond donors (Lipinski definition) is 1. The van der Waals surface area contributed by atoms with Gasteiger partial charge in [0.15, 0.2) is 0 Å². The summed E-state index contributed by atoms with van der Waals surface area (Å²) in [5, 5.41) is 5.95. The van der Waals surface area contributed by atoms with Gasteiger partial charge in [0.05, 0.1) is 0 Å². The summed E-state index contributed by atoms with van der Waals surface area (Å²) in [6, 6.07) is 3.14. The van der Waals surface area contributed by atoms with Gasteiger partial charge in [-0.15, -0.1) is 11.3 Å². The van der Waals surface area contributed by atoms with Crippen molar-refractivity contribution in [2.45, 2.75) is 51.5 Å². The Morgan fingerprint density at radius 2 is 2.33 bits per heavy atom. The van der Waals surface area contributed by atoms with Crippen molar-refractivity contribution in [3.05, 3.63) is 21.9 Å². The standard InChI is InChI=1S/C13H21NS/c1-3-14-13-6-4-5-11(8-13)12-7-10(2)15-9-12/h7,9,11,13-14H,3-6,8H2,1-2H3. The molecule has 0 spiro atoms. The summed E-state index contributed by atoms with van der Waals surface area (Å²) in [5.74, 6) is 0.813. The highest BCUT2D eigenvalue weighted by Gasteiger charge is 2.22. The topological polar surface area (TPSA) is 12.0 Å². The van der Waals surface area contributed by atoms with Crippen molar-refractivity contribution in [2.24, 2.45) is 0 Å². The minimum Gasteiger partial charge on any atom is -0.314 e. The number of aryl methyl sites for hydroxylation is 1. The maximum Gasteiger partial charge on any atom is 0.00727 e. The van der Waals surface area contributed by atoms with E-state index >= 15 is 0 Å². The second-order valence-electron chi connectivity index (χ2n) is 4.61. The Morgan fingerprint density at radius 3 is 3.00 bits per heavy atom. The summed E-state index contributed by atoms with van der Waals surface area (Å²) in [6.07, 6.45) is 5.48. The van der Waals surface area contributed by atoms with Crippen molar-refractivity contribution in [1.29, 1.82) is 0 Å². The van der Waals surface area contributed by atoms with Crippen LogP contribution >= 0.6 is 11.3 Å². The maximum absolute atomic E-state index is 3.59. The first-order valence-electron chi connectivity index (χ1n) is 6.08. The first-order valence-corrected chi connectivity index (χ1v) is 6.96. The van der Waals surface area contributed by atoms with Crippen molar-refractivity contribution < 1.29 is 0 Å². The number of rotatable bonds is 3. The van der Waals surface area contributed by atoms with E-state index < -0.39 is 0 Å². The highest BCUT2D eigenvalue weighted by atomic mass is 32.1. The molecule has 1 aliphatic rings. The lowest BCUT2D eigenvalue weighted by Crippen LogP contribution is -2.33. The molecule has 0 bridgehead atoms. The summed E-state index contributed by atoms with van der Waals surface area (Å²) in [4.78, 5) is 1.45.